The largest absolute Gasteiger partial charge is 0.346 e. The SMILES string of the molecule is CCCc1ncc2cc[nH]c2n1. The van der Waals surface area contributed by atoms with Gasteiger partial charge in [0.15, 0.2) is 0 Å². The van der Waals surface area contributed by atoms with Crippen LogP contribution in [0.15, 0.2) is 18.5 Å². The van der Waals surface area contributed by atoms with E-state index in [2.05, 4.69) is 21.9 Å². The van der Waals surface area contributed by atoms with Crippen molar-refractivity contribution in [1.82, 2.24) is 15.0 Å². The maximum absolute atomic E-state index is 4.36. The number of nitrogens with zero attached hydrogens (tertiary/aromatic N) is 2. The zero-order chi connectivity index (χ0) is 8.39. The molecule has 2 aromatic heterocycles. The third kappa shape index (κ3) is 1.18. The number of fused-ring (bicyclic) bond motifs is 1. The Morgan fingerprint density at radius 2 is 2.42 bits per heavy atom. The summed E-state index contributed by atoms with van der Waals surface area (Å²) in [5.41, 5.74) is 0.938. The highest BCUT2D eigenvalue weighted by Gasteiger charge is 1.98. The summed E-state index contributed by atoms with van der Waals surface area (Å²) in [7, 11) is 0. The van der Waals surface area contributed by atoms with Gasteiger partial charge in [0, 0.05) is 24.2 Å². The molecule has 3 heteroatoms. The Balaban J connectivity index is 2.46. The van der Waals surface area contributed by atoms with Gasteiger partial charge in [-0.3, -0.25) is 0 Å². The lowest BCUT2D eigenvalue weighted by molar-refractivity contribution is 0.842. The van der Waals surface area contributed by atoms with Crippen LogP contribution in [0.1, 0.15) is 19.2 Å². The zero-order valence-corrected chi connectivity index (χ0v) is 7.04. The molecule has 0 bridgehead atoms. The van der Waals surface area contributed by atoms with Gasteiger partial charge in [-0.15, -0.1) is 0 Å². The Morgan fingerprint density at radius 1 is 1.50 bits per heavy atom. The quantitative estimate of drug-likeness (QED) is 0.731. The van der Waals surface area contributed by atoms with Crippen molar-refractivity contribution in [3.8, 4) is 0 Å². The molecule has 0 atom stereocenters. The first-order valence-electron chi connectivity index (χ1n) is 4.19. The summed E-state index contributed by atoms with van der Waals surface area (Å²) in [5.74, 6) is 0.924. The molecule has 0 aliphatic heterocycles. The van der Waals surface area contributed by atoms with Gasteiger partial charge in [0.05, 0.1) is 0 Å². The van der Waals surface area contributed by atoms with Crippen LogP contribution in [0.2, 0.25) is 0 Å². The fourth-order valence-corrected chi connectivity index (χ4v) is 1.22. The van der Waals surface area contributed by atoms with E-state index in [0.29, 0.717) is 0 Å². The van der Waals surface area contributed by atoms with E-state index in [4.69, 9.17) is 0 Å². The maximum Gasteiger partial charge on any atom is 0.140 e. The molecule has 0 fully saturated rings. The molecule has 2 heterocycles. The van der Waals surface area contributed by atoms with E-state index >= 15 is 0 Å². The van der Waals surface area contributed by atoms with Crippen molar-refractivity contribution in [2.75, 3.05) is 0 Å². The van der Waals surface area contributed by atoms with Gasteiger partial charge in [0.2, 0.25) is 0 Å². The van der Waals surface area contributed by atoms with E-state index in [1.165, 1.54) is 0 Å². The van der Waals surface area contributed by atoms with Crippen molar-refractivity contribution in [2.24, 2.45) is 0 Å². The molecule has 0 amide bonds. The number of hydrogen-bond donors (Lipinski definition) is 1. The van der Waals surface area contributed by atoms with E-state index in [9.17, 15) is 0 Å². The van der Waals surface area contributed by atoms with Crippen molar-refractivity contribution >= 4 is 11.0 Å². The molecule has 0 aromatic carbocycles. The topological polar surface area (TPSA) is 41.6 Å². The van der Waals surface area contributed by atoms with Crippen molar-refractivity contribution in [3.05, 3.63) is 24.3 Å². The van der Waals surface area contributed by atoms with Crippen molar-refractivity contribution in [1.29, 1.82) is 0 Å². The lowest BCUT2D eigenvalue weighted by Crippen LogP contribution is -1.93. The zero-order valence-electron chi connectivity index (χ0n) is 7.04. The van der Waals surface area contributed by atoms with Crippen LogP contribution in [-0.2, 0) is 6.42 Å². The fraction of sp³-hybridized carbons (Fsp3) is 0.333. The molecular formula is C9H11N3. The Kier molecular flexibility index (Phi) is 1.78. The lowest BCUT2D eigenvalue weighted by Gasteiger charge is -1.95. The molecule has 12 heavy (non-hydrogen) atoms. The smallest absolute Gasteiger partial charge is 0.140 e. The molecule has 0 aliphatic carbocycles. The molecule has 0 spiro atoms. The Labute approximate surface area is 70.9 Å². The van der Waals surface area contributed by atoms with Crippen LogP contribution in [0.4, 0.5) is 0 Å². The predicted molar refractivity (Wildman–Crippen MR) is 47.9 cm³/mol. The van der Waals surface area contributed by atoms with Gasteiger partial charge >= 0.3 is 0 Å². The number of H-pyrrole nitrogens is 1. The second kappa shape index (κ2) is 2.93. The van der Waals surface area contributed by atoms with Crippen LogP contribution >= 0.6 is 0 Å². The Hall–Kier alpha value is -1.38. The average molecular weight is 161 g/mol. The van der Waals surface area contributed by atoms with Gasteiger partial charge in [0.1, 0.15) is 11.5 Å². The minimum Gasteiger partial charge on any atom is -0.346 e. The first-order valence-corrected chi connectivity index (χ1v) is 4.19. The molecule has 0 saturated carbocycles. The second-order valence-corrected chi connectivity index (χ2v) is 2.82. The molecular weight excluding hydrogens is 150 g/mol. The monoisotopic (exact) mass is 161 g/mol. The number of rotatable bonds is 2. The third-order valence-electron chi connectivity index (χ3n) is 1.82. The van der Waals surface area contributed by atoms with Gasteiger partial charge in [-0.25, -0.2) is 9.97 Å². The second-order valence-electron chi connectivity index (χ2n) is 2.82. The minimum atomic E-state index is 0.924. The fourth-order valence-electron chi connectivity index (χ4n) is 1.22. The van der Waals surface area contributed by atoms with Crippen molar-refractivity contribution in [2.45, 2.75) is 19.8 Å². The molecule has 0 radical (unpaired) electrons. The first kappa shape index (κ1) is 7.28. The molecule has 0 saturated heterocycles. The summed E-state index contributed by atoms with van der Waals surface area (Å²) in [6.07, 6.45) is 5.79. The van der Waals surface area contributed by atoms with Gasteiger partial charge in [-0.2, -0.15) is 0 Å². The van der Waals surface area contributed by atoms with Crippen LogP contribution in [0.5, 0.6) is 0 Å². The van der Waals surface area contributed by atoms with Crippen molar-refractivity contribution < 1.29 is 0 Å². The highest BCUT2D eigenvalue weighted by atomic mass is 14.9. The van der Waals surface area contributed by atoms with Crippen molar-refractivity contribution in [3.63, 3.8) is 0 Å². The molecule has 1 N–H and O–H groups in total. The first-order chi connectivity index (χ1) is 5.90. The normalized spacial score (nSPS) is 10.8. The molecule has 2 aromatic rings. The summed E-state index contributed by atoms with van der Waals surface area (Å²) in [5, 5.41) is 1.08. The molecule has 0 unspecified atom stereocenters. The highest BCUT2D eigenvalue weighted by molar-refractivity contribution is 5.73. The lowest BCUT2D eigenvalue weighted by atomic mass is 10.3. The van der Waals surface area contributed by atoms with Gasteiger partial charge in [-0.1, -0.05) is 6.92 Å². The van der Waals surface area contributed by atoms with E-state index < -0.39 is 0 Å². The Morgan fingerprint density at radius 3 is 3.25 bits per heavy atom. The summed E-state index contributed by atoms with van der Waals surface area (Å²) in [6, 6.07) is 1.98. The molecule has 2 rings (SSSR count). The number of aromatic amines is 1. The summed E-state index contributed by atoms with van der Waals surface area (Å²) >= 11 is 0. The van der Waals surface area contributed by atoms with Crippen LogP contribution in [0, 0.1) is 0 Å². The van der Waals surface area contributed by atoms with Crippen LogP contribution < -0.4 is 0 Å². The average Bonchev–Trinajstić information content (AvgIpc) is 2.51. The van der Waals surface area contributed by atoms with E-state index in [1.54, 1.807) is 0 Å². The van der Waals surface area contributed by atoms with Gasteiger partial charge < -0.3 is 4.98 Å². The van der Waals surface area contributed by atoms with Crippen LogP contribution in [-0.4, -0.2) is 15.0 Å². The summed E-state index contributed by atoms with van der Waals surface area (Å²) < 4.78 is 0. The standard InChI is InChI=1S/C9H11N3/c1-2-3-8-11-6-7-4-5-10-9(7)12-8/h4-6H,2-3H2,1H3,(H,10,11,12). The maximum atomic E-state index is 4.36. The summed E-state index contributed by atoms with van der Waals surface area (Å²) in [6.45, 7) is 2.13. The summed E-state index contributed by atoms with van der Waals surface area (Å²) in [4.78, 5) is 11.7. The van der Waals surface area contributed by atoms with Crippen LogP contribution in [0.3, 0.4) is 0 Å². The minimum absolute atomic E-state index is 0.924. The van der Waals surface area contributed by atoms with Gasteiger partial charge in [-0.05, 0) is 12.5 Å². The molecule has 62 valence electrons. The van der Waals surface area contributed by atoms with E-state index in [1.807, 2.05) is 18.5 Å². The Bertz CT molecular complexity index is 378. The van der Waals surface area contributed by atoms with E-state index in [-0.39, 0.29) is 0 Å². The highest BCUT2D eigenvalue weighted by Crippen LogP contribution is 2.07. The third-order valence-corrected chi connectivity index (χ3v) is 1.82. The number of hydrogen-bond acceptors (Lipinski definition) is 2. The number of nitrogens with one attached hydrogen (secondary N) is 1. The number of aromatic nitrogens is 3. The van der Waals surface area contributed by atoms with E-state index in [0.717, 1.165) is 29.7 Å². The predicted octanol–water partition coefficient (Wildman–Crippen LogP) is 1.91. The van der Waals surface area contributed by atoms with Crippen LogP contribution in [0.25, 0.3) is 11.0 Å². The molecule has 0 aliphatic rings. The number of aryl methyl sites for hydroxylation is 1. The van der Waals surface area contributed by atoms with Gasteiger partial charge in [0.25, 0.3) is 0 Å². The molecule has 3 nitrogen and oxygen atoms in total.